The Morgan fingerprint density at radius 1 is 1.44 bits per heavy atom. The van der Waals surface area contributed by atoms with E-state index in [1.165, 1.54) is 25.7 Å². The van der Waals surface area contributed by atoms with Crippen molar-refractivity contribution in [3.63, 3.8) is 0 Å². The zero-order chi connectivity index (χ0) is 7.11. The minimum atomic E-state index is 0.123. The number of hydrogen-bond acceptors (Lipinski definition) is 0. The fraction of sp³-hybridized carbons (Fsp3) is 1.00. The van der Waals surface area contributed by atoms with Gasteiger partial charge in [-0.3, -0.25) is 0 Å². The first kappa shape index (κ1) is 9.70. The number of unbranched alkanes of at least 4 members (excludes halogenated alkanes) is 2. The molecule has 9 heavy (non-hydrogen) atoms. The Morgan fingerprint density at radius 2 is 2.11 bits per heavy atom. The quantitative estimate of drug-likeness (QED) is 0.371. The van der Waals surface area contributed by atoms with Gasteiger partial charge in [0.15, 0.2) is 0 Å². The molecule has 0 aromatic heterocycles. The third-order valence-corrected chi connectivity index (χ3v) is 5.81. The molecule has 0 aliphatic carbocycles. The van der Waals surface area contributed by atoms with Crippen molar-refractivity contribution in [1.82, 2.24) is 0 Å². The van der Waals surface area contributed by atoms with E-state index in [9.17, 15) is 0 Å². The van der Waals surface area contributed by atoms with Crippen molar-refractivity contribution in [3.8, 4) is 0 Å². The largest absolute Gasteiger partial charge is 0.135 e. The van der Waals surface area contributed by atoms with Crippen LogP contribution in [0.3, 0.4) is 0 Å². The van der Waals surface area contributed by atoms with Crippen LogP contribution < -0.4 is 0 Å². The molecule has 2 heteroatoms. The molecule has 1 atom stereocenters. The van der Waals surface area contributed by atoms with Crippen molar-refractivity contribution in [1.29, 1.82) is 0 Å². The van der Waals surface area contributed by atoms with E-state index in [1.54, 1.807) is 0 Å². The van der Waals surface area contributed by atoms with E-state index in [2.05, 4.69) is 29.1 Å². The molecule has 0 saturated carbocycles. The van der Waals surface area contributed by atoms with Gasteiger partial charge in [0.1, 0.15) is 8.14 Å². The van der Waals surface area contributed by atoms with Gasteiger partial charge in [0.05, 0.1) is 0 Å². The van der Waals surface area contributed by atoms with Crippen molar-refractivity contribution in [2.45, 2.75) is 45.1 Å². The van der Waals surface area contributed by atoms with Crippen LogP contribution in [0.1, 0.15) is 39.5 Å². The van der Waals surface area contributed by atoms with Crippen LogP contribution in [-0.2, 0) is 0 Å². The monoisotopic (exact) mass is 208 g/mol. The van der Waals surface area contributed by atoms with Crippen molar-refractivity contribution < 1.29 is 0 Å². The maximum atomic E-state index is 3.61. The van der Waals surface area contributed by atoms with Gasteiger partial charge in [-0.05, 0) is 5.54 Å². The lowest BCUT2D eigenvalue weighted by Gasteiger charge is -2.03. The van der Waals surface area contributed by atoms with Gasteiger partial charge in [-0.25, -0.2) is 0 Å². The molecule has 0 radical (unpaired) electrons. The normalized spacial score (nSPS) is 15.0. The second-order valence-corrected chi connectivity index (χ2v) is 6.40. The fourth-order valence-corrected chi connectivity index (χ4v) is 2.23. The molecule has 0 fully saturated rings. The molecule has 1 unspecified atom stereocenters. The Bertz CT molecular complexity index is 56.9. The Kier molecular flexibility index (Phi) is 7.34. The van der Waals surface area contributed by atoms with Crippen LogP contribution in [0.5, 0.6) is 0 Å². The molecule has 0 heterocycles. The third-order valence-electron chi connectivity index (χ3n) is 1.56. The average Bonchev–Trinajstić information content (AvgIpc) is 1.89. The van der Waals surface area contributed by atoms with Crippen molar-refractivity contribution in [2.75, 3.05) is 0 Å². The first-order valence-corrected chi connectivity index (χ1v) is 8.58. The highest BCUT2D eigenvalue weighted by Gasteiger charge is 1.97. The first-order valence-electron chi connectivity index (χ1n) is 3.87. The summed E-state index contributed by atoms with van der Waals surface area (Å²) in [4.78, 5) is 0. The van der Waals surface area contributed by atoms with E-state index < -0.39 is 0 Å². The predicted octanol–water partition coefficient (Wildman–Crippen LogP) is 2.85. The smallest absolute Gasteiger partial charge is 0.101 e. The number of halogens is 1. The molecule has 0 bridgehead atoms. The molecule has 0 saturated heterocycles. The van der Waals surface area contributed by atoms with E-state index in [0.29, 0.717) is 0 Å². The van der Waals surface area contributed by atoms with Gasteiger partial charge >= 0.3 is 0 Å². The minimum Gasteiger partial charge on any atom is -0.135 e. The highest BCUT2D eigenvalue weighted by Crippen LogP contribution is 2.14. The summed E-state index contributed by atoms with van der Waals surface area (Å²) in [6.07, 6.45) is 5.67. The summed E-state index contributed by atoms with van der Waals surface area (Å²) in [5.74, 6) is 0. The molecular formula is C7H17BrSi. The molecule has 56 valence electrons. The molecule has 0 aromatic rings. The first-order chi connectivity index (χ1) is 4.31. The van der Waals surface area contributed by atoms with Gasteiger partial charge in [0, 0.05) is 0 Å². The summed E-state index contributed by atoms with van der Waals surface area (Å²) in [6, 6.07) is 0. The summed E-state index contributed by atoms with van der Waals surface area (Å²) in [7, 11) is 0.123. The zero-order valence-corrected chi connectivity index (χ0v) is 9.49. The minimum absolute atomic E-state index is 0.123. The Labute approximate surface area is 68.8 Å². The predicted molar refractivity (Wildman–Crippen MR) is 51.0 cm³/mol. The Balaban J connectivity index is 2.88. The Morgan fingerprint density at radius 3 is 2.56 bits per heavy atom. The van der Waals surface area contributed by atoms with E-state index in [0.717, 1.165) is 5.54 Å². The molecule has 0 rings (SSSR count). The van der Waals surface area contributed by atoms with Crippen molar-refractivity contribution >= 4 is 23.4 Å². The topological polar surface area (TPSA) is 0 Å². The molecule has 0 amide bonds. The summed E-state index contributed by atoms with van der Waals surface area (Å²) < 4.78 is 0. The Hall–Kier alpha value is 0.697. The van der Waals surface area contributed by atoms with Gasteiger partial charge in [-0.1, -0.05) is 39.5 Å². The SMILES string of the molecule is CCCCCC(C)[SiH2]Br. The molecule has 0 aliphatic rings. The van der Waals surface area contributed by atoms with Crippen LogP contribution in [0, 0.1) is 0 Å². The second-order valence-electron chi connectivity index (χ2n) is 2.76. The second kappa shape index (κ2) is 6.81. The van der Waals surface area contributed by atoms with Crippen LogP contribution in [0.15, 0.2) is 0 Å². The molecule has 0 aliphatic heterocycles. The summed E-state index contributed by atoms with van der Waals surface area (Å²) >= 11 is 3.61. The van der Waals surface area contributed by atoms with E-state index in [4.69, 9.17) is 0 Å². The molecule has 0 N–H and O–H groups in total. The maximum absolute atomic E-state index is 3.61. The van der Waals surface area contributed by atoms with Crippen LogP contribution in [0.4, 0.5) is 0 Å². The fourth-order valence-electron chi connectivity index (χ4n) is 0.820. The van der Waals surface area contributed by atoms with Gasteiger partial charge in [-0.2, -0.15) is 0 Å². The summed E-state index contributed by atoms with van der Waals surface area (Å²) in [5, 5.41) is 0. The van der Waals surface area contributed by atoms with Crippen LogP contribution >= 0.6 is 15.3 Å². The number of rotatable bonds is 5. The lowest BCUT2D eigenvalue weighted by molar-refractivity contribution is 0.655. The van der Waals surface area contributed by atoms with Gasteiger partial charge in [0.25, 0.3) is 0 Å². The van der Waals surface area contributed by atoms with E-state index >= 15 is 0 Å². The van der Waals surface area contributed by atoms with Crippen molar-refractivity contribution in [2.24, 2.45) is 0 Å². The van der Waals surface area contributed by atoms with Crippen LogP contribution in [0.2, 0.25) is 5.54 Å². The van der Waals surface area contributed by atoms with E-state index in [-0.39, 0.29) is 8.14 Å². The van der Waals surface area contributed by atoms with Gasteiger partial charge < -0.3 is 0 Å². The van der Waals surface area contributed by atoms with E-state index in [1.807, 2.05) is 0 Å². The molecule has 0 aromatic carbocycles. The van der Waals surface area contributed by atoms with Gasteiger partial charge in [-0.15, -0.1) is 15.3 Å². The number of hydrogen-bond donors (Lipinski definition) is 0. The summed E-state index contributed by atoms with van der Waals surface area (Å²) in [5.41, 5.74) is 1.01. The van der Waals surface area contributed by atoms with Gasteiger partial charge in [0.2, 0.25) is 0 Å². The highest BCUT2D eigenvalue weighted by atomic mass is 79.9. The lowest BCUT2D eigenvalue weighted by Crippen LogP contribution is -1.90. The third kappa shape index (κ3) is 6.58. The average molecular weight is 209 g/mol. The van der Waals surface area contributed by atoms with Crippen LogP contribution in [-0.4, -0.2) is 8.14 Å². The molecule has 0 spiro atoms. The molecule has 0 nitrogen and oxygen atoms in total. The molecular weight excluding hydrogens is 192 g/mol. The maximum Gasteiger partial charge on any atom is 0.101 e. The lowest BCUT2D eigenvalue weighted by atomic mass is 10.2. The zero-order valence-electron chi connectivity index (χ0n) is 6.49. The van der Waals surface area contributed by atoms with Crippen molar-refractivity contribution in [3.05, 3.63) is 0 Å². The summed E-state index contributed by atoms with van der Waals surface area (Å²) in [6.45, 7) is 4.62. The highest BCUT2D eigenvalue weighted by molar-refractivity contribution is 9.23. The van der Waals surface area contributed by atoms with Crippen LogP contribution in [0.25, 0.3) is 0 Å². The standard InChI is InChI=1S/C7H17BrSi/c1-3-4-5-6-7(2)9-8/h7H,3-6,9H2,1-2H3.